The van der Waals surface area contributed by atoms with Crippen molar-refractivity contribution in [3.63, 3.8) is 0 Å². The third-order valence-corrected chi connectivity index (χ3v) is 10.8. The van der Waals surface area contributed by atoms with Gasteiger partial charge in [0.05, 0.1) is 0 Å². The van der Waals surface area contributed by atoms with Gasteiger partial charge < -0.3 is 0 Å². The second kappa shape index (κ2) is 12.0. The molecule has 0 atom stereocenters. The predicted molar refractivity (Wildman–Crippen MR) is 120 cm³/mol. The van der Waals surface area contributed by atoms with Crippen molar-refractivity contribution < 1.29 is 0 Å². The quantitative estimate of drug-likeness (QED) is 0.353. The minimum absolute atomic E-state index is 0.517. The van der Waals surface area contributed by atoms with Gasteiger partial charge in [0, 0.05) is 0 Å². The van der Waals surface area contributed by atoms with Gasteiger partial charge in [0.1, 0.15) is 0 Å². The average molecular weight is 511 g/mol. The van der Waals surface area contributed by atoms with E-state index in [1.54, 1.807) is 10.9 Å². The van der Waals surface area contributed by atoms with Gasteiger partial charge in [-0.2, -0.15) is 0 Å². The van der Waals surface area contributed by atoms with E-state index < -0.39 is 21.1 Å². The molecular weight excluding hydrogens is 476 g/mol. The van der Waals surface area contributed by atoms with Crippen molar-refractivity contribution in [2.75, 3.05) is 5.32 Å². The van der Waals surface area contributed by atoms with Crippen LogP contribution in [0.1, 0.15) is 78.6 Å². The number of hydrogen-bond donors (Lipinski definition) is 1. The molecule has 154 valence electrons. The second-order valence-electron chi connectivity index (χ2n) is 7.58. The van der Waals surface area contributed by atoms with Gasteiger partial charge in [0.2, 0.25) is 0 Å². The fourth-order valence-electron chi connectivity index (χ4n) is 3.50. The Morgan fingerprint density at radius 3 is 2.18 bits per heavy atom. The van der Waals surface area contributed by atoms with E-state index >= 15 is 0 Å². The molecule has 0 aliphatic carbocycles. The molecule has 0 fully saturated rings. The van der Waals surface area contributed by atoms with E-state index in [2.05, 4.69) is 42.2 Å². The zero-order valence-corrected chi connectivity index (χ0v) is 21.4. The number of nitrogens with zero attached hydrogens (tertiary/aromatic N) is 4. The predicted octanol–water partition coefficient (Wildman–Crippen LogP) is 5.67. The summed E-state index contributed by atoms with van der Waals surface area (Å²) in [7, 11) is 1.82. The molecule has 2 radical (unpaired) electrons. The van der Waals surface area contributed by atoms with E-state index in [0.717, 1.165) is 5.69 Å². The third-order valence-electron chi connectivity index (χ3n) is 5.19. The number of hydrogen-bond acceptors (Lipinski definition) is 4. The molecule has 28 heavy (non-hydrogen) atoms. The molecule has 0 unspecified atom stereocenters. The van der Waals surface area contributed by atoms with Gasteiger partial charge >= 0.3 is 186 Å². The van der Waals surface area contributed by atoms with Crippen molar-refractivity contribution in [2.45, 2.75) is 82.0 Å². The molecule has 5 nitrogen and oxygen atoms in total. The molecule has 2 rings (SSSR count). The summed E-state index contributed by atoms with van der Waals surface area (Å²) >= 11 is 5.40. The summed E-state index contributed by atoms with van der Waals surface area (Å²) in [6.07, 6.45) is 15.5. The monoisotopic (exact) mass is 511 g/mol. The standard InChI is InChI=1S/C13H27.C8H7ClN5.Sn/c1-4-7-10-13(11-8-5-2)12-9-6-3;1-14-7(9)6(5-12-14)13-8-10-3-2-4-11-8;/h4-12H2,1-3H3;2-3,5H,1H3,(H,10,11,13);. The molecule has 0 aliphatic heterocycles. The van der Waals surface area contributed by atoms with E-state index in [0.29, 0.717) is 14.5 Å². The molecule has 2 heterocycles. The van der Waals surface area contributed by atoms with Crippen molar-refractivity contribution in [3.8, 4) is 0 Å². The van der Waals surface area contributed by atoms with Crippen LogP contribution in [0.25, 0.3) is 0 Å². The summed E-state index contributed by atoms with van der Waals surface area (Å²) < 4.78 is 3.43. The fraction of sp³-hybridized carbons (Fsp3) is 0.667. The molecule has 7 heteroatoms. The van der Waals surface area contributed by atoms with Crippen LogP contribution < -0.4 is 9.03 Å². The summed E-state index contributed by atoms with van der Waals surface area (Å²) in [5.41, 5.74) is 0.751. The van der Waals surface area contributed by atoms with E-state index in [1.807, 2.05) is 13.2 Å². The van der Waals surface area contributed by atoms with Gasteiger partial charge in [-0.05, 0) is 0 Å². The molecule has 0 amide bonds. The minimum atomic E-state index is -0.871. The first-order valence-electron chi connectivity index (χ1n) is 10.6. The number of halogens is 1. The number of anilines is 2. The molecule has 2 aromatic rings. The third kappa shape index (κ3) is 6.90. The van der Waals surface area contributed by atoms with Crippen LogP contribution in [-0.2, 0) is 7.05 Å². The van der Waals surface area contributed by atoms with Gasteiger partial charge in [-0.3, -0.25) is 0 Å². The SMILES string of the molecule is CCCC[C](CCCC)(CCCC)[Sn][c]1ccnc(Nc2cnn(C)c2Cl)n1. The number of nitrogens with one attached hydrogen (secondary N) is 1. The van der Waals surface area contributed by atoms with Crippen LogP contribution in [0.4, 0.5) is 11.6 Å². The van der Waals surface area contributed by atoms with Crippen molar-refractivity contribution in [1.29, 1.82) is 0 Å². The first-order chi connectivity index (χ1) is 13.5. The summed E-state index contributed by atoms with van der Waals surface area (Å²) in [6, 6.07) is 2.14. The molecule has 1 N–H and O–H groups in total. The van der Waals surface area contributed by atoms with Crippen LogP contribution in [-0.4, -0.2) is 40.9 Å². The van der Waals surface area contributed by atoms with Crippen LogP contribution in [0.5, 0.6) is 0 Å². The van der Waals surface area contributed by atoms with Crippen LogP contribution in [0, 0.1) is 0 Å². The van der Waals surface area contributed by atoms with Crippen LogP contribution >= 0.6 is 11.6 Å². The molecule has 0 aromatic carbocycles. The van der Waals surface area contributed by atoms with Gasteiger partial charge in [-0.15, -0.1) is 0 Å². The van der Waals surface area contributed by atoms with E-state index in [-0.39, 0.29) is 0 Å². The summed E-state index contributed by atoms with van der Waals surface area (Å²) in [5, 5.41) is 7.98. The summed E-state index contributed by atoms with van der Waals surface area (Å²) in [5.74, 6) is 0.628. The summed E-state index contributed by atoms with van der Waals surface area (Å²) in [6.45, 7) is 6.92. The van der Waals surface area contributed by atoms with Gasteiger partial charge in [0.25, 0.3) is 0 Å². The molecule has 0 saturated heterocycles. The van der Waals surface area contributed by atoms with Crippen LogP contribution in [0.3, 0.4) is 0 Å². The average Bonchev–Trinajstić information content (AvgIpc) is 3.01. The normalized spacial score (nSPS) is 11.8. The maximum absolute atomic E-state index is 6.27. The Kier molecular flexibility index (Phi) is 10.1. The fourth-order valence-corrected chi connectivity index (χ4v) is 8.68. The van der Waals surface area contributed by atoms with Gasteiger partial charge in [-0.25, -0.2) is 0 Å². The van der Waals surface area contributed by atoms with Crippen LogP contribution in [0.2, 0.25) is 8.58 Å². The van der Waals surface area contributed by atoms with Crippen LogP contribution in [0.15, 0.2) is 18.5 Å². The Labute approximate surface area is 185 Å². The molecule has 0 spiro atoms. The number of aryl methyl sites for hydroxylation is 1. The number of unbranched alkanes of at least 4 members (excludes halogenated alkanes) is 3. The van der Waals surface area contributed by atoms with Crippen molar-refractivity contribution >= 4 is 48.1 Å². The van der Waals surface area contributed by atoms with Crippen molar-refractivity contribution in [1.82, 2.24) is 19.7 Å². The van der Waals surface area contributed by atoms with Gasteiger partial charge in [0.15, 0.2) is 0 Å². The molecule has 0 aliphatic rings. The zero-order chi connectivity index (χ0) is 20.4. The molecule has 0 bridgehead atoms. The Hall–Kier alpha value is -0.821. The number of aromatic nitrogens is 4. The van der Waals surface area contributed by atoms with E-state index in [4.69, 9.17) is 16.6 Å². The van der Waals surface area contributed by atoms with Crippen molar-refractivity contribution in [3.05, 3.63) is 23.6 Å². The first kappa shape index (κ1) is 23.5. The zero-order valence-electron chi connectivity index (χ0n) is 17.8. The van der Waals surface area contributed by atoms with Gasteiger partial charge in [-0.1, -0.05) is 0 Å². The first-order valence-corrected chi connectivity index (χ1v) is 13.8. The van der Waals surface area contributed by atoms with E-state index in [1.165, 1.54) is 61.5 Å². The maximum atomic E-state index is 6.27. The Morgan fingerprint density at radius 1 is 1.07 bits per heavy atom. The second-order valence-corrected chi connectivity index (χ2v) is 13.1. The topological polar surface area (TPSA) is 55.6 Å². The molecule has 2 aromatic heterocycles. The van der Waals surface area contributed by atoms with E-state index in [9.17, 15) is 0 Å². The summed E-state index contributed by atoms with van der Waals surface area (Å²) in [4.78, 5) is 9.30. The Bertz CT molecular complexity index is 697. The number of rotatable bonds is 13. The van der Waals surface area contributed by atoms with Crippen molar-refractivity contribution in [2.24, 2.45) is 7.05 Å². The Balaban J connectivity index is 2.20. The Morgan fingerprint density at radius 2 is 1.68 bits per heavy atom. The molecular formula is C21H34ClN5Sn. The molecule has 0 saturated carbocycles.